The first-order chi connectivity index (χ1) is 8.95. The first kappa shape index (κ1) is 14.5. The summed E-state index contributed by atoms with van der Waals surface area (Å²) in [7, 11) is 1.76. The van der Waals surface area contributed by atoms with E-state index in [0.717, 1.165) is 15.2 Å². The Balaban J connectivity index is 2.14. The predicted molar refractivity (Wildman–Crippen MR) is 81.8 cm³/mol. The number of carbonyl (C=O) groups excluding carboxylic acids is 1. The minimum Gasteiger partial charge on any atom is -0.336 e. The lowest BCUT2D eigenvalue weighted by Gasteiger charge is -2.16. The molecular weight excluding hydrogens is 348 g/mol. The maximum Gasteiger partial charge on any atom is 0.254 e. The average molecular weight is 360 g/mol. The number of rotatable bonds is 3. The molecular formula is C13H12BrClN2OS. The van der Waals surface area contributed by atoms with Gasteiger partial charge in [-0.25, -0.2) is 4.98 Å². The number of carbonyl (C=O) groups is 1. The van der Waals surface area contributed by atoms with Crippen molar-refractivity contribution >= 4 is 44.8 Å². The Labute approximate surface area is 129 Å². The summed E-state index contributed by atoms with van der Waals surface area (Å²) in [5.41, 5.74) is 1.47. The quantitative estimate of drug-likeness (QED) is 0.825. The SMILES string of the molecule is Cc1nc(CN(C)C(=O)c2cc(Cl)cc(Br)c2)cs1. The molecule has 0 atom stereocenters. The maximum absolute atomic E-state index is 12.3. The molecule has 3 nitrogen and oxygen atoms in total. The zero-order chi connectivity index (χ0) is 14.0. The average Bonchev–Trinajstić information content (AvgIpc) is 2.72. The third-order valence-electron chi connectivity index (χ3n) is 2.52. The lowest BCUT2D eigenvalue weighted by Crippen LogP contribution is -2.26. The largest absolute Gasteiger partial charge is 0.336 e. The summed E-state index contributed by atoms with van der Waals surface area (Å²) in [6.07, 6.45) is 0. The summed E-state index contributed by atoms with van der Waals surface area (Å²) in [5, 5.41) is 3.50. The molecule has 6 heteroatoms. The Hall–Kier alpha value is -0.910. The maximum atomic E-state index is 12.3. The molecule has 1 heterocycles. The van der Waals surface area contributed by atoms with Gasteiger partial charge in [0.1, 0.15) is 0 Å². The number of aryl methyl sites for hydroxylation is 1. The second kappa shape index (κ2) is 6.03. The lowest BCUT2D eigenvalue weighted by molar-refractivity contribution is 0.0783. The minimum atomic E-state index is -0.0751. The van der Waals surface area contributed by atoms with Crippen LogP contribution in [0.25, 0.3) is 0 Å². The highest BCUT2D eigenvalue weighted by Crippen LogP contribution is 2.21. The Morgan fingerprint density at radius 3 is 2.79 bits per heavy atom. The Morgan fingerprint density at radius 2 is 2.21 bits per heavy atom. The number of aromatic nitrogens is 1. The van der Waals surface area contributed by atoms with Crippen LogP contribution in [0, 0.1) is 6.92 Å². The van der Waals surface area contributed by atoms with E-state index in [2.05, 4.69) is 20.9 Å². The highest BCUT2D eigenvalue weighted by Gasteiger charge is 2.14. The predicted octanol–water partition coefficient (Wildman–Crippen LogP) is 4.14. The van der Waals surface area contributed by atoms with Gasteiger partial charge in [0.15, 0.2) is 0 Å². The van der Waals surface area contributed by atoms with E-state index in [1.807, 2.05) is 12.3 Å². The second-order valence-corrected chi connectivity index (χ2v) is 6.59. The Bertz CT molecular complexity index is 594. The van der Waals surface area contributed by atoms with Crippen LogP contribution in [0.1, 0.15) is 21.1 Å². The molecule has 0 aliphatic heterocycles. The van der Waals surface area contributed by atoms with Crippen molar-refractivity contribution in [3.63, 3.8) is 0 Å². The lowest BCUT2D eigenvalue weighted by atomic mass is 10.2. The van der Waals surface area contributed by atoms with Crippen LogP contribution >= 0.6 is 38.9 Å². The van der Waals surface area contributed by atoms with Gasteiger partial charge in [-0.05, 0) is 25.1 Å². The van der Waals surface area contributed by atoms with E-state index in [0.29, 0.717) is 17.1 Å². The number of hydrogen-bond acceptors (Lipinski definition) is 3. The van der Waals surface area contributed by atoms with E-state index in [4.69, 9.17) is 11.6 Å². The summed E-state index contributed by atoms with van der Waals surface area (Å²) in [4.78, 5) is 18.3. The smallest absolute Gasteiger partial charge is 0.254 e. The molecule has 0 unspecified atom stereocenters. The van der Waals surface area contributed by atoms with E-state index >= 15 is 0 Å². The van der Waals surface area contributed by atoms with Crippen LogP contribution in [0.15, 0.2) is 28.1 Å². The summed E-state index contributed by atoms with van der Waals surface area (Å²) in [6, 6.07) is 5.18. The van der Waals surface area contributed by atoms with Gasteiger partial charge in [0.05, 0.1) is 17.2 Å². The van der Waals surface area contributed by atoms with Crippen molar-refractivity contribution in [2.24, 2.45) is 0 Å². The third-order valence-corrected chi connectivity index (χ3v) is 4.02. The topological polar surface area (TPSA) is 33.2 Å². The molecule has 0 N–H and O–H groups in total. The van der Waals surface area contributed by atoms with E-state index in [1.165, 1.54) is 0 Å². The van der Waals surface area contributed by atoms with Crippen molar-refractivity contribution in [3.05, 3.63) is 49.3 Å². The fraction of sp³-hybridized carbons (Fsp3) is 0.231. The van der Waals surface area contributed by atoms with Gasteiger partial charge >= 0.3 is 0 Å². The van der Waals surface area contributed by atoms with Crippen LogP contribution in [-0.4, -0.2) is 22.8 Å². The van der Waals surface area contributed by atoms with Gasteiger partial charge in [-0.1, -0.05) is 27.5 Å². The number of nitrogens with zero attached hydrogens (tertiary/aromatic N) is 2. The summed E-state index contributed by atoms with van der Waals surface area (Å²) in [6.45, 7) is 2.44. The molecule has 0 saturated carbocycles. The number of halogens is 2. The van der Waals surface area contributed by atoms with Gasteiger partial charge < -0.3 is 4.90 Å². The van der Waals surface area contributed by atoms with Gasteiger partial charge in [0, 0.05) is 27.5 Å². The highest BCUT2D eigenvalue weighted by molar-refractivity contribution is 9.10. The van der Waals surface area contributed by atoms with E-state index < -0.39 is 0 Å². The van der Waals surface area contributed by atoms with E-state index in [9.17, 15) is 4.79 Å². The molecule has 0 saturated heterocycles. The molecule has 0 spiro atoms. The van der Waals surface area contributed by atoms with Crippen LogP contribution < -0.4 is 0 Å². The van der Waals surface area contributed by atoms with Crippen LogP contribution in [-0.2, 0) is 6.54 Å². The molecule has 0 aliphatic rings. The standard InChI is InChI=1S/C13H12BrClN2OS/c1-8-16-12(7-19-8)6-17(2)13(18)9-3-10(14)5-11(15)4-9/h3-5,7H,6H2,1-2H3. The van der Waals surface area contributed by atoms with Crippen molar-refractivity contribution in [1.82, 2.24) is 9.88 Å². The van der Waals surface area contributed by atoms with Crippen LogP contribution in [0.3, 0.4) is 0 Å². The van der Waals surface area contributed by atoms with E-state index in [1.54, 1.807) is 41.5 Å². The molecule has 2 aromatic rings. The molecule has 1 amide bonds. The van der Waals surface area contributed by atoms with Crippen molar-refractivity contribution in [2.45, 2.75) is 13.5 Å². The zero-order valence-corrected chi connectivity index (χ0v) is 13.6. The molecule has 19 heavy (non-hydrogen) atoms. The molecule has 1 aromatic carbocycles. The third kappa shape index (κ3) is 3.78. The van der Waals surface area contributed by atoms with Crippen LogP contribution in [0.2, 0.25) is 5.02 Å². The number of thiazole rings is 1. The minimum absolute atomic E-state index is 0.0751. The number of hydrogen-bond donors (Lipinski definition) is 0. The molecule has 0 aliphatic carbocycles. The van der Waals surface area contributed by atoms with Crippen LogP contribution in [0.5, 0.6) is 0 Å². The van der Waals surface area contributed by atoms with Crippen LogP contribution in [0.4, 0.5) is 0 Å². The number of benzene rings is 1. The van der Waals surface area contributed by atoms with Gasteiger partial charge in [-0.2, -0.15) is 0 Å². The van der Waals surface area contributed by atoms with E-state index in [-0.39, 0.29) is 5.91 Å². The molecule has 1 aromatic heterocycles. The highest BCUT2D eigenvalue weighted by atomic mass is 79.9. The first-order valence-corrected chi connectivity index (χ1v) is 7.63. The molecule has 2 rings (SSSR count). The fourth-order valence-electron chi connectivity index (χ4n) is 1.69. The Morgan fingerprint density at radius 1 is 1.47 bits per heavy atom. The monoisotopic (exact) mass is 358 g/mol. The van der Waals surface area contributed by atoms with Gasteiger partial charge in [0.25, 0.3) is 5.91 Å². The Kier molecular flexibility index (Phi) is 4.60. The van der Waals surface area contributed by atoms with Crippen molar-refractivity contribution in [2.75, 3.05) is 7.05 Å². The van der Waals surface area contributed by atoms with Gasteiger partial charge in [-0.15, -0.1) is 11.3 Å². The molecule has 0 bridgehead atoms. The molecule has 100 valence electrons. The zero-order valence-electron chi connectivity index (χ0n) is 10.5. The second-order valence-electron chi connectivity index (χ2n) is 4.18. The summed E-state index contributed by atoms with van der Waals surface area (Å²) >= 11 is 10.9. The summed E-state index contributed by atoms with van der Waals surface area (Å²) < 4.78 is 0.793. The fourth-order valence-corrected chi connectivity index (χ4v) is 3.16. The van der Waals surface area contributed by atoms with Gasteiger partial charge in [-0.3, -0.25) is 4.79 Å². The number of amides is 1. The van der Waals surface area contributed by atoms with Crippen molar-refractivity contribution < 1.29 is 4.79 Å². The molecule has 0 fully saturated rings. The molecule has 0 radical (unpaired) electrons. The van der Waals surface area contributed by atoms with Crippen molar-refractivity contribution in [3.8, 4) is 0 Å². The van der Waals surface area contributed by atoms with Crippen molar-refractivity contribution in [1.29, 1.82) is 0 Å². The normalized spacial score (nSPS) is 10.5. The first-order valence-electron chi connectivity index (χ1n) is 5.58. The van der Waals surface area contributed by atoms with Gasteiger partial charge in [0.2, 0.25) is 0 Å². The summed E-state index contributed by atoms with van der Waals surface area (Å²) in [5.74, 6) is -0.0751.